The molecule has 0 saturated carbocycles. The van der Waals surface area contributed by atoms with Gasteiger partial charge in [0.25, 0.3) is 0 Å². The van der Waals surface area contributed by atoms with Crippen molar-refractivity contribution in [3.8, 4) is 22.4 Å². The zero-order valence-corrected chi connectivity index (χ0v) is 17.4. The Kier molecular flexibility index (Phi) is 4.92. The van der Waals surface area contributed by atoms with E-state index in [0.717, 1.165) is 58.0 Å². The average Bonchev–Trinajstić information content (AvgIpc) is 3.44. The SMILES string of the molecule is CCn1cc(-c2ccnc3c2CC(c2cccc(CO)c2)N3)c(-c2ccc(N)cc2)n1. The summed E-state index contributed by atoms with van der Waals surface area (Å²) >= 11 is 0. The second-order valence-corrected chi connectivity index (χ2v) is 7.86. The first-order valence-electron chi connectivity index (χ1n) is 10.5. The minimum Gasteiger partial charge on any atom is -0.399 e. The number of rotatable bonds is 5. The zero-order valence-electron chi connectivity index (χ0n) is 17.4. The highest BCUT2D eigenvalue weighted by Crippen LogP contribution is 2.41. The maximum absolute atomic E-state index is 9.50. The normalized spacial score (nSPS) is 15.0. The van der Waals surface area contributed by atoms with Crippen molar-refractivity contribution in [2.75, 3.05) is 11.1 Å². The van der Waals surface area contributed by atoms with Crippen molar-refractivity contribution < 1.29 is 5.11 Å². The molecule has 4 aromatic rings. The Morgan fingerprint density at radius 1 is 1.13 bits per heavy atom. The Hall–Kier alpha value is -3.64. The van der Waals surface area contributed by atoms with Gasteiger partial charge in [0.15, 0.2) is 0 Å². The fourth-order valence-electron chi connectivity index (χ4n) is 4.24. The van der Waals surface area contributed by atoms with E-state index in [-0.39, 0.29) is 12.6 Å². The van der Waals surface area contributed by atoms with E-state index < -0.39 is 0 Å². The second kappa shape index (κ2) is 7.89. The third kappa shape index (κ3) is 3.55. The van der Waals surface area contributed by atoms with Crippen LogP contribution in [0, 0.1) is 0 Å². The third-order valence-corrected chi connectivity index (χ3v) is 5.87. The van der Waals surface area contributed by atoms with E-state index in [0.29, 0.717) is 0 Å². The Balaban J connectivity index is 1.57. The number of nitrogens with two attached hydrogens (primary N) is 1. The van der Waals surface area contributed by atoms with Gasteiger partial charge in [0.1, 0.15) is 11.5 Å². The van der Waals surface area contributed by atoms with Crippen LogP contribution < -0.4 is 11.1 Å². The van der Waals surface area contributed by atoms with Crippen LogP contribution in [0.3, 0.4) is 0 Å². The first-order valence-corrected chi connectivity index (χ1v) is 10.5. The number of hydrogen-bond donors (Lipinski definition) is 3. The van der Waals surface area contributed by atoms with Crippen molar-refractivity contribution in [1.29, 1.82) is 0 Å². The largest absolute Gasteiger partial charge is 0.399 e. The lowest BCUT2D eigenvalue weighted by molar-refractivity contribution is 0.281. The summed E-state index contributed by atoms with van der Waals surface area (Å²) in [5.74, 6) is 0.907. The highest BCUT2D eigenvalue weighted by atomic mass is 16.3. The molecule has 0 spiro atoms. The summed E-state index contributed by atoms with van der Waals surface area (Å²) in [4.78, 5) is 4.60. The lowest BCUT2D eigenvalue weighted by Gasteiger charge is -2.12. The molecule has 1 atom stereocenters. The topological polar surface area (TPSA) is 89.0 Å². The fraction of sp³-hybridized carbons (Fsp3) is 0.200. The monoisotopic (exact) mass is 411 g/mol. The number of nitrogen functional groups attached to an aromatic ring is 1. The minimum atomic E-state index is 0.0398. The van der Waals surface area contributed by atoms with Crippen molar-refractivity contribution >= 4 is 11.5 Å². The summed E-state index contributed by atoms with van der Waals surface area (Å²) in [7, 11) is 0. The number of fused-ring (bicyclic) bond motifs is 1. The van der Waals surface area contributed by atoms with Crippen molar-refractivity contribution in [1.82, 2.24) is 14.8 Å². The average molecular weight is 412 g/mol. The van der Waals surface area contributed by atoms with Gasteiger partial charge in [-0.1, -0.05) is 36.4 Å². The molecule has 1 aliphatic heterocycles. The molecule has 1 unspecified atom stereocenters. The lowest BCUT2D eigenvalue weighted by Crippen LogP contribution is -2.06. The number of aliphatic hydroxyl groups is 1. The number of aromatic nitrogens is 3. The molecule has 4 N–H and O–H groups in total. The predicted molar refractivity (Wildman–Crippen MR) is 123 cm³/mol. The summed E-state index contributed by atoms with van der Waals surface area (Å²) in [6.07, 6.45) is 4.79. The molecule has 31 heavy (non-hydrogen) atoms. The number of aliphatic hydroxyl groups excluding tert-OH is 1. The van der Waals surface area contributed by atoms with Gasteiger partial charge in [-0.25, -0.2) is 4.98 Å². The van der Waals surface area contributed by atoms with E-state index in [1.807, 2.05) is 47.3 Å². The van der Waals surface area contributed by atoms with Gasteiger partial charge in [0.05, 0.1) is 12.6 Å². The summed E-state index contributed by atoms with van der Waals surface area (Å²) in [5, 5.41) is 17.9. The fourth-order valence-corrected chi connectivity index (χ4v) is 4.24. The van der Waals surface area contributed by atoms with Crippen LogP contribution in [0.2, 0.25) is 0 Å². The van der Waals surface area contributed by atoms with Crippen molar-refractivity contribution in [3.05, 3.63) is 83.7 Å². The summed E-state index contributed by atoms with van der Waals surface area (Å²) in [5.41, 5.74) is 14.1. The van der Waals surface area contributed by atoms with Gasteiger partial charge in [-0.15, -0.1) is 0 Å². The smallest absolute Gasteiger partial charge is 0.130 e. The van der Waals surface area contributed by atoms with E-state index in [4.69, 9.17) is 10.8 Å². The molecule has 0 radical (unpaired) electrons. The molecule has 156 valence electrons. The second-order valence-electron chi connectivity index (χ2n) is 7.86. The van der Waals surface area contributed by atoms with Crippen LogP contribution in [0.1, 0.15) is 29.7 Å². The maximum atomic E-state index is 9.50. The van der Waals surface area contributed by atoms with Crippen LogP contribution in [-0.2, 0) is 19.6 Å². The Morgan fingerprint density at radius 2 is 1.97 bits per heavy atom. The minimum absolute atomic E-state index is 0.0398. The molecule has 2 aromatic heterocycles. The molecule has 1 aliphatic rings. The summed E-state index contributed by atoms with van der Waals surface area (Å²) in [6, 6.07) is 18.1. The number of nitrogens with zero attached hydrogens (tertiary/aromatic N) is 3. The van der Waals surface area contributed by atoms with Crippen LogP contribution in [0.25, 0.3) is 22.4 Å². The van der Waals surface area contributed by atoms with Gasteiger partial charge in [-0.3, -0.25) is 4.68 Å². The van der Waals surface area contributed by atoms with Crippen LogP contribution in [0.5, 0.6) is 0 Å². The number of pyridine rings is 1. The first kappa shape index (κ1) is 19.3. The molecule has 0 bridgehead atoms. The Bertz CT molecular complexity index is 1230. The van der Waals surface area contributed by atoms with Gasteiger partial charge in [0, 0.05) is 47.7 Å². The van der Waals surface area contributed by atoms with Crippen LogP contribution in [-0.4, -0.2) is 19.9 Å². The Morgan fingerprint density at radius 3 is 2.74 bits per heavy atom. The van der Waals surface area contributed by atoms with Crippen molar-refractivity contribution in [2.24, 2.45) is 0 Å². The number of aryl methyl sites for hydroxylation is 1. The van der Waals surface area contributed by atoms with E-state index in [9.17, 15) is 5.11 Å². The molecule has 6 heteroatoms. The molecule has 0 fully saturated rings. The molecular weight excluding hydrogens is 386 g/mol. The third-order valence-electron chi connectivity index (χ3n) is 5.87. The van der Waals surface area contributed by atoms with Gasteiger partial charge in [-0.05, 0) is 41.8 Å². The molecule has 2 aromatic carbocycles. The molecule has 0 amide bonds. The van der Waals surface area contributed by atoms with Crippen molar-refractivity contribution in [2.45, 2.75) is 32.5 Å². The number of benzene rings is 2. The Labute approximate surface area is 181 Å². The molecule has 0 aliphatic carbocycles. The highest BCUT2D eigenvalue weighted by molar-refractivity contribution is 5.85. The van der Waals surface area contributed by atoms with Gasteiger partial charge < -0.3 is 16.2 Å². The van der Waals surface area contributed by atoms with Crippen LogP contribution >= 0.6 is 0 Å². The first-order chi connectivity index (χ1) is 15.2. The maximum Gasteiger partial charge on any atom is 0.130 e. The zero-order chi connectivity index (χ0) is 21.4. The predicted octanol–water partition coefficient (Wildman–Crippen LogP) is 4.42. The number of nitrogens with one attached hydrogen (secondary N) is 1. The molecule has 6 nitrogen and oxygen atoms in total. The lowest BCUT2D eigenvalue weighted by atomic mass is 9.94. The molecule has 3 heterocycles. The van der Waals surface area contributed by atoms with Gasteiger partial charge >= 0.3 is 0 Å². The molecular formula is C25H25N5O. The van der Waals surface area contributed by atoms with E-state index >= 15 is 0 Å². The standard InChI is InChI=1S/C25H25N5O/c1-2-30-14-22(24(29-30)17-6-8-19(26)9-7-17)20-10-11-27-25-21(20)13-23(28-25)18-5-3-4-16(12-18)15-31/h3-12,14,23,31H,2,13,15,26H2,1H3,(H,27,28). The van der Waals surface area contributed by atoms with E-state index in [1.54, 1.807) is 0 Å². The highest BCUT2D eigenvalue weighted by Gasteiger charge is 2.27. The van der Waals surface area contributed by atoms with Crippen LogP contribution in [0.15, 0.2) is 67.0 Å². The summed E-state index contributed by atoms with van der Waals surface area (Å²) < 4.78 is 1.97. The quantitative estimate of drug-likeness (QED) is 0.423. The number of hydrogen-bond acceptors (Lipinski definition) is 5. The summed E-state index contributed by atoms with van der Waals surface area (Å²) in [6.45, 7) is 2.93. The van der Waals surface area contributed by atoms with E-state index in [2.05, 4.69) is 41.6 Å². The van der Waals surface area contributed by atoms with Gasteiger partial charge in [0.2, 0.25) is 0 Å². The molecule has 0 saturated heterocycles. The van der Waals surface area contributed by atoms with Gasteiger partial charge in [-0.2, -0.15) is 5.10 Å². The molecule has 5 rings (SSSR count). The van der Waals surface area contributed by atoms with Crippen molar-refractivity contribution in [3.63, 3.8) is 0 Å². The number of anilines is 2. The van der Waals surface area contributed by atoms with Crippen LogP contribution in [0.4, 0.5) is 11.5 Å². The van der Waals surface area contributed by atoms with E-state index in [1.165, 1.54) is 5.56 Å².